The van der Waals surface area contributed by atoms with E-state index in [9.17, 15) is 9.59 Å². The van der Waals surface area contributed by atoms with Crippen LogP contribution in [0.5, 0.6) is 0 Å². The second-order valence-electron chi connectivity index (χ2n) is 7.86. The van der Waals surface area contributed by atoms with Crippen molar-refractivity contribution in [3.63, 3.8) is 0 Å². The summed E-state index contributed by atoms with van der Waals surface area (Å²) >= 11 is 0. The molecule has 0 aliphatic rings. The minimum absolute atomic E-state index is 0.0123. The first-order valence-electron chi connectivity index (χ1n) is 10.9. The highest BCUT2D eigenvalue weighted by molar-refractivity contribution is 5.78. The Balaban J connectivity index is 1.20. The predicted molar refractivity (Wildman–Crippen MR) is 129 cm³/mol. The van der Waals surface area contributed by atoms with E-state index in [4.69, 9.17) is 0 Å². The third kappa shape index (κ3) is 5.77. The molecular weight excluding hydrogens is 414 g/mol. The van der Waals surface area contributed by atoms with E-state index in [0.717, 1.165) is 27.8 Å². The maximum absolute atomic E-state index is 12.3. The van der Waals surface area contributed by atoms with E-state index >= 15 is 0 Å². The number of para-hydroxylation sites is 2. The number of urea groups is 1. The summed E-state index contributed by atoms with van der Waals surface area (Å²) in [6.45, 7) is 1.24. The molecule has 4 aromatic rings. The molecule has 0 saturated carbocycles. The van der Waals surface area contributed by atoms with Gasteiger partial charge in [0.05, 0.1) is 11.0 Å². The van der Waals surface area contributed by atoms with Crippen LogP contribution in [0.4, 0.5) is 4.79 Å². The van der Waals surface area contributed by atoms with Crippen molar-refractivity contribution >= 4 is 23.0 Å². The molecule has 7 nitrogen and oxygen atoms in total. The van der Waals surface area contributed by atoms with E-state index in [1.165, 1.54) is 0 Å². The van der Waals surface area contributed by atoms with Crippen LogP contribution in [0.15, 0.2) is 85.2 Å². The highest BCUT2D eigenvalue weighted by Gasteiger charge is 2.10. The molecule has 168 valence electrons. The summed E-state index contributed by atoms with van der Waals surface area (Å²) in [5.74, 6) is -0.0123. The van der Waals surface area contributed by atoms with Gasteiger partial charge in [-0.2, -0.15) is 0 Å². The third-order valence-electron chi connectivity index (χ3n) is 5.43. The summed E-state index contributed by atoms with van der Waals surface area (Å²) in [4.78, 5) is 30.5. The molecule has 7 heteroatoms. The van der Waals surface area contributed by atoms with E-state index in [1.54, 1.807) is 11.9 Å². The minimum atomic E-state index is -0.293. The van der Waals surface area contributed by atoms with E-state index in [2.05, 4.69) is 15.6 Å². The van der Waals surface area contributed by atoms with Gasteiger partial charge in [-0.25, -0.2) is 9.78 Å². The van der Waals surface area contributed by atoms with E-state index in [0.29, 0.717) is 13.1 Å². The van der Waals surface area contributed by atoms with Crippen molar-refractivity contribution in [2.24, 2.45) is 0 Å². The molecule has 1 heterocycles. The molecule has 1 aromatic heterocycles. The number of hydrogen-bond donors (Lipinski definition) is 2. The van der Waals surface area contributed by atoms with Crippen LogP contribution in [-0.4, -0.2) is 40.0 Å². The average Bonchev–Trinajstić information content (AvgIpc) is 3.28. The van der Waals surface area contributed by atoms with Crippen molar-refractivity contribution < 1.29 is 9.59 Å². The monoisotopic (exact) mass is 441 g/mol. The molecule has 0 aliphatic carbocycles. The number of fused-ring (bicyclic) bond motifs is 1. The van der Waals surface area contributed by atoms with Gasteiger partial charge in [0.15, 0.2) is 0 Å². The van der Waals surface area contributed by atoms with Gasteiger partial charge in [0.2, 0.25) is 5.91 Å². The van der Waals surface area contributed by atoms with Gasteiger partial charge in [-0.05, 0) is 35.4 Å². The van der Waals surface area contributed by atoms with Gasteiger partial charge in [0, 0.05) is 38.8 Å². The number of carbonyl (C=O) groups excluding carboxylic acids is 2. The summed E-state index contributed by atoms with van der Waals surface area (Å²) in [5, 5.41) is 5.58. The van der Waals surface area contributed by atoms with E-state index < -0.39 is 0 Å². The third-order valence-corrected chi connectivity index (χ3v) is 5.43. The zero-order chi connectivity index (χ0) is 23.0. The molecule has 2 N–H and O–H groups in total. The minimum Gasteiger partial charge on any atom is -0.341 e. The standard InChI is InChI=1S/C26H27N5O2/c1-30(18-21-7-3-2-4-8-21)25(32)15-16-27-26(33)28-17-20-11-13-22(14-12-20)31-19-29-23-9-5-6-10-24(23)31/h2-14,19H,15-18H2,1H3,(H2,27,28,33). The molecule has 33 heavy (non-hydrogen) atoms. The lowest BCUT2D eigenvalue weighted by Gasteiger charge is -2.17. The average molecular weight is 442 g/mol. The van der Waals surface area contributed by atoms with Crippen LogP contribution in [0.2, 0.25) is 0 Å². The predicted octanol–water partition coefficient (Wildman–Crippen LogP) is 3.87. The lowest BCUT2D eigenvalue weighted by Crippen LogP contribution is -2.37. The topological polar surface area (TPSA) is 79.3 Å². The summed E-state index contributed by atoms with van der Waals surface area (Å²) < 4.78 is 2.03. The van der Waals surface area contributed by atoms with Gasteiger partial charge in [0.1, 0.15) is 6.33 Å². The van der Waals surface area contributed by atoms with Crippen LogP contribution < -0.4 is 10.6 Å². The molecule has 3 aromatic carbocycles. The van der Waals surface area contributed by atoms with Crippen LogP contribution in [0.1, 0.15) is 17.5 Å². The van der Waals surface area contributed by atoms with Gasteiger partial charge < -0.3 is 15.5 Å². The molecule has 0 unspecified atom stereocenters. The largest absolute Gasteiger partial charge is 0.341 e. The lowest BCUT2D eigenvalue weighted by atomic mass is 10.2. The number of nitrogens with zero attached hydrogens (tertiary/aromatic N) is 3. The summed E-state index contributed by atoms with van der Waals surface area (Å²) in [5.41, 5.74) is 5.06. The van der Waals surface area contributed by atoms with E-state index in [-0.39, 0.29) is 24.9 Å². The molecular formula is C26H27N5O2. The second kappa shape index (κ2) is 10.5. The summed E-state index contributed by atoms with van der Waals surface area (Å²) in [7, 11) is 1.77. The molecule has 0 radical (unpaired) electrons. The Labute approximate surface area is 193 Å². The maximum Gasteiger partial charge on any atom is 0.315 e. The Morgan fingerprint density at radius 3 is 2.39 bits per heavy atom. The van der Waals surface area contributed by atoms with E-state index in [1.807, 2.05) is 89.8 Å². The second-order valence-corrected chi connectivity index (χ2v) is 7.86. The Kier molecular flexibility index (Phi) is 6.99. The number of imidazole rings is 1. The number of rotatable bonds is 8. The summed E-state index contributed by atoms with van der Waals surface area (Å²) in [6, 6.07) is 25.5. The first kappa shape index (κ1) is 22.1. The number of benzene rings is 3. The number of amides is 3. The fraction of sp³-hybridized carbons (Fsp3) is 0.192. The first-order valence-corrected chi connectivity index (χ1v) is 10.9. The van der Waals surface area contributed by atoms with Crippen molar-refractivity contribution in [2.75, 3.05) is 13.6 Å². The fourth-order valence-electron chi connectivity index (χ4n) is 3.60. The Bertz CT molecular complexity index is 1220. The number of aromatic nitrogens is 2. The van der Waals surface area contributed by atoms with Crippen molar-refractivity contribution in [1.29, 1.82) is 0 Å². The quantitative estimate of drug-likeness (QED) is 0.436. The number of hydrogen-bond acceptors (Lipinski definition) is 3. The van der Waals surface area contributed by atoms with Crippen molar-refractivity contribution in [3.8, 4) is 5.69 Å². The van der Waals surface area contributed by atoms with Gasteiger partial charge in [-0.1, -0.05) is 54.6 Å². The van der Waals surface area contributed by atoms with Crippen molar-refractivity contribution in [1.82, 2.24) is 25.1 Å². The van der Waals surface area contributed by atoms with Crippen LogP contribution in [0.25, 0.3) is 16.7 Å². The van der Waals surface area contributed by atoms with Gasteiger partial charge >= 0.3 is 6.03 Å². The molecule has 0 spiro atoms. The van der Waals surface area contributed by atoms with Crippen LogP contribution in [0, 0.1) is 0 Å². The number of carbonyl (C=O) groups is 2. The SMILES string of the molecule is CN(Cc1ccccc1)C(=O)CCNC(=O)NCc1ccc(-n2cnc3ccccc32)cc1. The Morgan fingerprint density at radius 2 is 1.61 bits per heavy atom. The zero-order valence-electron chi connectivity index (χ0n) is 18.6. The Morgan fingerprint density at radius 1 is 0.879 bits per heavy atom. The molecule has 4 rings (SSSR count). The summed E-state index contributed by atoms with van der Waals surface area (Å²) in [6.07, 6.45) is 2.06. The highest BCUT2D eigenvalue weighted by Crippen LogP contribution is 2.18. The zero-order valence-corrected chi connectivity index (χ0v) is 18.6. The molecule has 3 amide bonds. The van der Waals surface area contributed by atoms with Crippen LogP contribution in [0.3, 0.4) is 0 Å². The van der Waals surface area contributed by atoms with Crippen molar-refractivity contribution in [3.05, 3.63) is 96.3 Å². The Hall–Kier alpha value is -4.13. The maximum atomic E-state index is 12.3. The molecule has 0 atom stereocenters. The molecule has 0 fully saturated rings. The first-order chi connectivity index (χ1) is 16.1. The lowest BCUT2D eigenvalue weighted by molar-refractivity contribution is -0.130. The smallest absolute Gasteiger partial charge is 0.315 e. The van der Waals surface area contributed by atoms with Crippen LogP contribution in [-0.2, 0) is 17.9 Å². The number of nitrogens with one attached hydrogen (secondary N) is 2. The van der Waals surface area contributed by atoms with Gasteiger partial charge in [0.25, 0.3) is 0 Å². The van der Waals surface area contributed by atoms with Crippen molar-refractivity contribution in [2.45, 2.75) is 19.5 Å². The highest BCUT2D eigenvalue weighted by atomic mass is 16.2. The normalized spacial score (nSPS) is 10.7. The van der Waals surface area contributed by atoms with Gasteiger partial charge in [-0.15, -0.1) is 0 Å². The van der Waals surface area contributed by atoms with Crippen LogP contribution >= 0.6 is 0 Å². The molecule has 0 bridgehead atoms. The molecule has 0 aliphatic heterocycles. The van der Waals surface area contributed by atoms with Gasteiger partial charge in [-0.3, -0.25) is 9.36 Å². The molecule has 0 saturated heterocycles. The fourth-order valence-corrected chi connectivity index (χ4v) is 3.60.